The molecule has 1 atom stereocenters. The van der Waals surface area contributed by atoms with Gasteiger partial charge in [0.2, 0.25) is 0 Å². The first kappa shape index (κ1) is 18.7. The summed E-state index contributed by atoms with van der Waals surface area (Å²) in [5.74, 6) is 0.709. The van der Waals surface area contributed by atoms with Gasteiger partial charge >= 0.3 is 6.03 Å². The number of nitrogens with zero attached hydrogens (tertiary/aromatic N) is 3. The van der Waals surface area contributed by atoms with Crippen molar-refractivity contribution in [2.45, 2.75) is 44.6 Å². The molecule has 1 aromatic heterocycles. The van der Waals surface area contributed by atoms with Gasteiger partial charge in [0.15, 0.2) is 0 Å². The first-order valence-electron chi connectivity index (χ1n) is 8.65. The number of hydrogen-bond donors (Lipinski definition) is 1. The number of aromatic nitrogens is 2. The molecule has 0 bridgehead atoms. The van der Waals surface area contributed by atoms with Crippen molar-refractivity contribution in [2.24, 2.45) is 7.05 Å². The highest BCUT2D eigenvalue weighted by atomic mass is 16.5. The maximum atomic E-state index is 12.8. The zero-order valence-electron chi connectivity index (χ0n) is 15.3. The molecule has 1 aromatic rings. The first-order chi connectivity index (χ1) is 11.6. The molecule has 1 aliphatic rings. The number of hydrogen-bond acceptors (Lipinski definition) is 4. The van der Waals surface area contributed by atoms with Crippen LogP contribution in [0.2, 0.25) is 0 Å². The number of likely N-dealkylation sites (tertiary alicyclic amines) is 1. The normalized spacial score (nSPS) is 20.6. The molecule has 0 saturated carbocycles. The second kappa shape index (κ2) is 8.48. The summed E-state index contributed by atoms with van der Waals surface area (Å²) in [4.78, 5) is 14.8. The van der Waals surface area contributed by atoms with Crippen molar-refractivity contribution in [3.05, 3.63) is 11.8 Å². The number of anilines is 1. The lowest BCUT2D eigenvalue weighted by molar-refractivity contribution is 0.0539. The minimum Gasteiger partial charge on any atom is -0.384 e. The van der Waals surface area contributed by atoms with Crippen molar-refractivity contribution in [1.29, 1.82) is 0 Å². The summed E-state index contributed by atoms with van der Waals surface area (Å²) in [7, 11) is 5.21. The number of amides is 2. The second-order valence-corrected chi connectivity index (χ2v) is 6.48. The molecular weight excluding hydrogens is 308 g/mol. The third-order valence-electron chi connectivity index (χ3n) is 4.70. The Balaban J connectivity index is 2.09. The van der Waals surface area contributed by atoms with E-state index in [1.807, 2.05) is 18.0 Å². The minimum absolute atomic E-state index is 0.0701. The average Bonchev–Trinajstić information content (AvgIpc) is 3.10. The van der Waals surface area contributed by atoms with E-state index in [4.69, 9.17) is 9.47 Å². The van der Waals surface area contributed by atoms with Crippen molar-refractivity contribution in [3.63, 3.8) is 0 Å². The molecule has 136 valence electrons. The van der Waals surface area contributed by atoms with Crippen LogP contribution in [0.15, 0.2) is 6.07 Å². The van der Waals surface area contributed by atoms with E-state index in [1.54, 1.807) is 18.9 Å². The predicted molar refractivity (Wildman–Crippen MR) is 93.3 cm³/mol. The van der Waals surface area contributed by atoms with E-state index in [2.05, 4.69) is 17.3 Å². The van der Waals surface area contributed by atoms with E-state index in [9.17, 15) is 4.79 Å². The van der Waals surface area contributed by atoms with E-state index in [0.29, 0.717) is 19.0 Å². The Hall–Kier alpha value is -1.60. The van der Waals surface area contributed by atoms with Crippen LogP contribution in [0.25, 0.3) is 0 Å². The molecule has 2 amide bonds. The van der Waals surface area contributed by atoms with Gasteiger partial charge in [-0.2, -0.15) is 5.10 Å². The number of carbonyl (C=O) groups is 1. The Morgan fingerprint density at radius 2 is 2.21 bits per heavy atom. The molecule has 1 saturated heterocycles. The lowest BCUT2D eigenvalue weighted by atomic mass is 9.91. The summed E-state index contributed by atoms with van der Waals surface area (Å²) in [5, 5.41) is 7.43. The highest BCUT2D eigenvalue weighted by molar-refractivity contribution is 5.89. The van der Waals surface area contributed by atoms with Crippen LogP contribution < -0.4 is 5.32 Å². The average molecular weight is 338 g/mol. The molecule has 1 N–H and O–H groups in total. The second-order valence-electron chi connectivity index (χ2n) is 6.48. The topological polar surface area (TPSA) is 68.6 Å². The molecule has 24 heavy (non-hydrogen) atoms. The van der Waals surface area contributed by atoms with Crippen LogP contribution in [-0.2, 0) is 22.9 Å². The van der Waals surface area contributed by atoms with Gasteiger partial charge in [0.05, 0.1) is 24.4 Å². The van der Waals surface area contributed by atoms with Gasteiger partial charge < -0.3 is 14.4 Å². The smallest absolute Gasteiger partial charge is 0.323 e. The zero-order valence-corrected chi connectivity index (χ0v) is 15.3. The zero-order chi connectivity index (χ0) is 17.6. The summed E-state index contributed by atoms with van der Waals surface area (Å²) >= 11 is 0. The van der Waals surface area contributed by atoms with Crippen molar-refractivity contribution >= 4 is 11.8 Å². The number of nitrogens with one attached hydrogen (secondary N) is 1. The Morgan fingerprint density at radius 1 is 1.42 bits per heavy atom. The molecule has 0 spiro atoms. The molecule has 1 unspecified atom stereocenters. The van der Waals surface area contributed by atoms with Gasteiger partial charge in [0.25, 0.3) is 0 Å². The van der Waals surface area contributed by atoms with Gasteiger partial charge in [-0.15, -0.1) is 0 Å². The Labute approximate surface area is 144 Å². The molecular formula is C17H30N4O3. The largest absolute Gasteiger partial charge is 0.384 e. The molecule has 0 aromatic carbocycles. The third kappa shape index (κ3) is 4.08. The Morgan fingerprint density at radius 3 is 2.88 bits per heavy atom. The van der Waals surface area contributed by atoms with E-state index >= 15 is 0 Å². The number of ether oxygens (including phenoxy) is 2. The lowest BCUT2D eigenvalue weighted by Gasteiger charge is -2.38. The van der Waals surface area contributed by atoms with Gasteiger partial charge in [-0.1, -0.05) is 13.3 Å². The summed E-state index contributed by atoms with van der Waals surface area (Å²) < 4.78 is 12.2. The highest BCUT2D eigenvalue weighted by Gasteiger charge is 2.43. The maximum Gasteiger partial charge on any atom is 0.323 e. The molecule has 7 nitrogen and oxygen atoms in total. The molecule has 1 fully saturated rings. The molecule has 0 aliphatic carbocycles. The van der Waals surface area contributed by atoms with Crippen molar-refractivity contribution < 1.29 is 14.3 Å². The predicted octanol–water partition coefficient (Wildman–Crippen LogP) is 2.42. The van der Waals surface area contributed by atoms with Crippen LogP contribution in [0, 0.1) is 0 Å². The molecule has 1 aliphatic heterocycles. The van der Waals surface area contributed by atoms with E-state index in [-0.39, 0.29) is 11.6 Å². The van der Waals surface area contributed by atoms with E-state index < -0.39 is 0 Å². The summed E-state index contributed by atoms with van der Waals surface area (Å²) in [6.07, 6.45) is 4.72. The standard InChI is InChI=1S/C17H30N4O3/c1-5-8-17(13-24-4)9-6-10-21(17)16(22)18-15-12-14(7-11-23-3)19-20(15)2/h12H,5-11,13H2,1-4H3,(H,18,22). The Kier molecular flexibility index (Phi) is 6.62. The van der Waals surface area contributed by atoms with Crippen LogP contribution in [0.3, 0.4) is 0 Å². The Bertz CT molecular complexity index is 538. The fraction of sp³-hybridized carbons (Fsp3) is 0.765. The number of methoxy groups -OCH3 is 2. The van der Waals surface area contributed by atoms with Crippen LogP contribution >= 0.6 is 0 Å². The van der Waals surface area contributed by atoms with Gasteiger partial charge in [-0.3, -0.25) is 10.00 Å². The fourth-order valence-electron chi connectivity index (χ4n) is 3.62. The summed E-state index contributed by atoms with van der Waals surface area (Å²) in [5.41, 5.74) is 0.721. The van der Waals surface area contributed by atoms with Crippen molar-refractivity contribution in [3.8, 4) is 0 Å². The molecule has 7 heteroatoms. The van der Waals surface area contributed by atoms with Crippen LogP contribution in [-0.4, -0.2) is 60.2 Å². The lowest BCUT2D eigenvalue weighted by Crippen LogP contribution is -2.52. The van der Waals surface area contributed by atoms with Gasteiger partial charge in [-0.25, -0.2) is 4.79 Å². The fourth-order valence-corrected chi connectivity index (χ4v) is 3.62. The molecule has 2 rings (SSSR count). The number of aryl methyl sites for hydroxylation is 1. The van der Waals surface area contributed by atoms with Crippen molar-refractivity contribution in [2.75, 3.05) is 39.3 Å². The monoisotopic (exact) mass is 338 g/mol. The maximum absolute atomic E-state index is 12.8. The van der Waals surface area contributed by atoms with Crippen molar-refractivity contribution in [1.82, 2.24) is 14.7 Å². The van der Waals surface area contributed by atoms with Crippen LogP contribution in [0.1, 0.15) is 38.3 Å². The quantitative estimate of drug-likeness (QED) is 0.790. The number of rotatable bonds is 8. The first-order valence-corrected chi connectivity index (χ1v) is 8.65. The van der Waals surface area contributed by atoms with Gasteiger partial charge in [0.1, 0.15) is 5.82 Å². The van der Waals surface area contributed by atoms with Crippen LogP contribution in [0.5, 0.6) is 0 Å². The van der Waals surface area contributed by atoms with Gasteiger partial charge in [-0.05, 0) is 19.3 Å². The number of carbonyl (C=O) groups excluding carboxylic acids is 1. The number of urea groups is 1. The van der Waals surface area contributed by atoms with E-state index in [1.165, 1.54) is 0 Å². The SMILES string of the molecule is CCCC1(COC)CCCN1C(=O)Nc1cc(CCOC)nn1C. The summed E-state index contributed by atoms with van der Waals surface area (Å²) in [6, 6.07) is 1.84. The molecule has 2 heterocycles. The minimum atomic E-state index is -0.189. The third-order valence-corrected chi connectivity index (χ3v) is 4.70. The molecule has 0 radical (unpaired) electrons. The van der Waals surface area contributed by atoms with Crippen LogP contribution in [0.4, 0.5) is 10.6 Å². The van der Waals surface area contributed by atoms with E-state index in [0.717, 1.165) is 44.3 Å². The highest BCUT2D eigenvalue weighted by Crippen LogP contribution is 2.34. The summed E-state index contributed by atoms with van der Waals surface area (Å²) in [6.45, 7) is 4.11. The van der Waals surface area contributed by atoms with Gasteiger partial charge in [0, 0.05) is 40.3 Å².